The predicted octanol–water partition coefficient (Wildman–Crippen LogP) is 4.10. The van der Waals surface area contributed by atoms with Gasteiger partial charge in [0.2, 0.25) is 0 Å². The van der Waals surface area contributed by atoms with E-state index in [0.29, 0.717) is 22.4 Å². The van der Waals surface area contributed by atoms with Crippen LogP contribution in [-0.2, 0) is 16.6 Å². The number of aromatic nitrogens is 2. The van der Waals surface area contributed by atoms with Crippen molar-refractivity contribution in [2.75, 3.05) is 0 Å². The first kappa shape index (κ1) is 14.9. The molecule has 0 spiro atoms. The van der Waals surface area contributed by atoms with Crippen LogP contribution in [0.2, 0.25) is 5.15 Å². The normalized spacial score (nSPS) is 12.0. The molecular weight excluding hydrogens is 316 g/mol. The van der Waals surface area contributed by atoms with Crippen LogP contribution in [0.15, 0.2) is 71.6 Å². The highest BCUT2D eigenvalue weighted by molar-refractivity contribution is 7.84. The molecule has 0 amide bonds. The minimum Gasteiger partial charge on any atom is -0.254 e. The van der Waals surface area contributed by atoms with E-state index in [1.165, 1.54) is 0 Å². The zero-order chi connectivity index (χ0) is 15.4. The Balaban J connectivity index is 1.89. The van der Waals surface area contributed by atoms with Gasteiger partial charge in [0.05, 0.1) is 22.2 Å². The van der Waals surface area contributed by atoms with E-state index in [-0.39, 0.29) is 0 Å². The predicted molar refractivity (Wildman–Crippen MR) is 89.0 cm³/mol. The third-order valence-electron chi connectivity index (χ3n) is 3.06. The van der Waals surface area contributed by atoms with Crippen LogP contribution >= 0.6 is 11.6 Å². The molecule has 0 aliphatic heterocycles. The maximum Gasteiger partial charge on any atom is 0.161 e. The minimum absolute atomic E-state index is 0.312. The second kappa shape index (κ2) is 6.81. The molecule has 2 aromatic carbocycles. The maximum atomic E-state index is 12.4. The van der Waals surface area contributed by atoms with Crippen LogP contribution < -0.4 is 0 Å². The number of hydrogen-bond donors (Lipinski definition) is 0. The molecule has 1 atom stereocenters. The molecule has 0 bridgehead atoms. The minimum atomic E-state index is -1.16. The molecule has 0 aliphatic rings. The Morgan fingerprint density at radius 3 is 2.23 bits per heavy atom. The number of halogens is 1. The molecule has 3 nitrogen and oxygen atoms in total. The van der Waals surface area contributed by atoms with E-state index in [1.807, 2.05) is 60.7 Å². The summed E-state index contributed by atoms with van der Waals surface area (Å²) in [6.45, 7) is 0. The van der Waals surface area contributed by atoms with Crippen LogP contribution in [0.5, 0.6) is 0 Å². The van der Waals surface area contributed by atoms with E-state index < -0.39 is 10.8 Å². The van der Waals surface area contributed by atoms with E-state index >= 15 is 0 Å². The molecule has 5 heteroatoms. The van der Waals surface area contributed by atoms with Crippen molar-refractivity contribution in [3.63, 3.8) is 0 Å². The molecule has 3 rings (SSSR count). The van der Waals surface area contributed by atoms with Crippen molar-refractivity contribution >= 4 is 22.4 Å². The maximum absolute atomic E-state index is 12.4. The van der Waals surface area contributed by atoms with E-state index in [0.717, 1.165) is 10.5 Å². The summed E-state index contributed by atoms with van der Waals surface area (Å²) in [6.07, 6.45) is 0. The first-order valence-electron chi connectivity index (χ1n) is 6.75. The molecular formula is C17H13ClN2OS. The molecule has 1 aromatic heterocycles. The topological polar surface area (TPSA) is 42.9 Å². The Bertz CT molecular complexity index is 794. The molecule has 0 unspecified atom stereocenters. The lowest BCUT2D eigenvalue weighted by Crippen LogP contribution is -2.01. The SMILES string of the molecule is O=[S@@](Cc1cc(Cl)nc(-c2ccccc2)n1)c1ccccc1. The van der Waals surface area contributed by atoms with Crippen molar-refractivity contribution in [1.82, 2.24) is 9.97 Å². The number of hydrogen-bond acceptors (Lipinski definition) is 3. The van der Waals surface area contributed by atoms with Gasteiger partial charge in [-0.2, -0.15) is 0 Å². The number of rotatable bonds is 4. The third-order valence-corrected chi connectivity index (χ3v) is 4.61. The van der Waals surface area contributed by atoms with Crippen molar-refractivity contribution in [3.8, 4) is 11.4 Å². The smallest absolute Gasteiger partial charge is 0.161 e. The van der Waals surface area contributed by atoms with E-state index in [2.05, 4.69) is 9.97 Å². The summed E-state index contributed by atoms with van der Waals surface area (Å²) in [6, 6.07) is 20.6. The van der Waals surface area contributed by atoms with Gasteiger partial charge < -0.3 is 0 Å². The Hall–Kier alpha value is -2.04. The highest BCUT2D eigenvalue weighted by atomic mass is 35.5. The summed E-state index contributed by atoms with van der Waals surface area (Å²) < 4.78 is 12.4. The summed E-state index contributed by atoms with van der Waals surface area (Å²) in [7, 11) is -1.16. The van der Waals surface area contributed by atoms with Gasteiger partial charge in [0.1, 0.15) is 5.15 Å². The lowest BCUT2D eigenvalue weighted by Gasteiger charge is -2.06. The summed E-state index contributed by atoms with van der Waals surface area (Å²) >= 11 is 6.08. The first-order chi connectivity index (χ1) is 10.7. The van der Waals surface area contributed by atoms with Gasteiger partial charge in [-0.1, -0.05) is 60.1 Å². The van der Waals surface area contributed by atoms with Gasteiger partial charge in [0.15, 0.2) is 5.82 Å². The van der Waals surface area contributed by atoms with Crippen molar-refractivity contribution in [2.24, 2.45) is 0 Å². The quantitative estimate of drug-likeness (QED) is 0.677. The fourth-order valence-corrected chi connectivity index (χ4v) is 3.29. The molecule has 0 saturated heterocycles. The fourth-order valence-electron chi connectivity index (χ4n) is 2.04. The van der Waals surface area contributed by atoms with Gasteiger partial charge >= 0.3 is 0 Å². The highest BCUT2D eigenvalue weighted by Crippen LogP contribution is 2.19. The van der Waals surface area contributed by atoms with Gasteiger partial charge in [-0.25, -0.2) is 9.97 Å². The number of benzene rings is 2. The third kappa shape index (κ3) is 3.59. The van der Waals surface area contributed by atoms with Crippen molar-refractivity contribution in [3.05, 3.63) is 77.6 Å². The average molecular weight is 329 g/mol. The molecule has 0 N–H and O–H groups in total. The van der Waals surface area contributed by atoms with E-state index in [1.54, 1.807) is 6.07 Å². The van der Waals surface area contributed by atoms with Crippen molar-refractivity contribution in [1.29, 1.82) is 0 Å². The summed E-state index contributed by atoms with van der Waals surface area (Å²) in [5.74, 6) is 0.861. The standard InChI is InChI=1S/C17H13ClN2OS/c18-16-11-14(12-22(21)15-9-5-2-6-10-15)19-17(20-16)13-7-3-1-4-8-13/h1-11H,12H2/t22-/m0/s1. The number of nitrogens with zero attached hydrogens (tertiary/aromatic N) is 2. The second-order valence-corrected chi connectivity index (χ2v) is 6.51. The van der Waals surface area contributed by atoms with Crippen LogP contribution in [0.3, 0.4) is 0 Å². The zero-order valence-corrected chi connectivity index (χ0v) is 13.2. The van der Waals surface area contributed by atoms with Gasteiger partial charge in [-0.15, -0.1) is 0 Å². The fraction of sp³-hybridized carbons (Fsp3) is 0.0588. The largest absolute Gasteiger partial charge is 0.254 e. The van der Waals surface area contributed by atoms with Crippen LogP contribution in [0.1, 0.15) is 5.69 Å². The lowest BCUT2D eigenvalue weighted by atomic mass is 10.2. The molecule has 0 aliphatic carbocycles. The molecule has 0 fully saturated rings. The average Bonchev–Trinajstić information content (AvgIpc) is 2.56. The van der Waals surface area contributed by atoms with Gasteiger partial charge in [-0.05, 0) is 18.2 Å². The molecule has 1 heterocycles. The summed E-state index contributed by atoms with van der Waals surface area (Å²) in [4.78, 5) is 9.50. The van der Waals surface area contributed by atoms with Crippen molar-refractivity contribution < 1.29 is 4.21 Å². The van der Waals surface area contributed by atoms with E-state index in [4.69, 9.17) is 11.6 Å². The Morgan fingerprint density at radius 1 is 0.909 bits per heavy atom. The molecule has 3 aromatic rings. The van der Waals surface area contributed by atoms with Gasteiger partial charge in [-0.3, -0.25) is 4.21 Å². The summed E-state index contributed by atoms with van der Waals surface area (Å²) in [5, 5.41) is 0.355. The molecule has 110 valence electrons. The van der Waals surface area contributed by atoms with Crippen LogP contribution in [0.25, 0.3) is 11.4 Å². The lowest BCUT2D eigenvalue weighted by molar-refractivity contribution is 0.682. The van der Waals surface area contributed by atoms with E-state index in [9.17, 15) is 4.21 Å². The molecule has 22 heavy (non-hydrogen) atoms. The van der Waals surface area contributed by atoms with Gasteiger partial charge in [0.25, 0.3) is 0 Å². The first-order valence-corrected chi connectivity index (χ1v) is 8.44. The molecule has 0 radical (unpaired) electrons. The van der Waals surface area contributed by atoms with Crippen LogP contribution in [0.4, 0.5) is 0 Å². The van der Waals surface area contributed by atoms with Crippen molar-refractivity contribution in [2.45, 2.75) is 10.6 Å². The van der Waals surface area contributed by atoms with Gasteiger partial charge in [0, 0.05) is 10.5 Å². The monoisotopic (exact) mass is 328 g/mol. The summed E-state index contributed by atoms with van der Waals surface area (Å²) in [5.41, 5.74) is 1.55. The Kier molecular flexibility index (Phi) is 4.61. The highest BCUT2D eigenvalue weighted by Gasteiger charge is 2.10. The molecule has 0 saturated carbocycles. The zero-order valence-electron chi connectivity index (χ0n) is 11.6. The second-order valence-electron chi connectivity index (χ2n) is 4.67. The Labute approximate surface area is 136 Å². The Morgan fingerprint density at radius 2 is 1.55 bits per heavy atom. The van der Waals surface area contributed by atoms with Crippen LogP contribution in [-0.4, -0.2) is 14.2 Å². The van der Waals surface area contributed by atoms with Crippen LogP contribution in [0, 0.1) is 0 Å².